The van der Waals surface area contributed by atoms with Crippen LogP contribution in [0, 0.1) is 13.8 Å². The Hall–Kier alpha value is -6.59. The van der Waals surface area contributed by atoms with Gasteiger partial charge in [-0.1, -0.05) is 72.8 Å². The van der Waals surface area contributed by atoms with Crippen molar-refractivity contribution in [3.63, 3.8) is 0 Å². The number of hydrogen-bond donors (Lipinski definition) is 1. The Balaban J connectivity index is 1.35. The lowest BCUT2D eigenvalue weighted by molar-refractivity contribution is -0.233. The van der Waals surface area contributed by atoms with Crippen LogP contribution in [0.2, 0.25) is 0 Å². The SMILES string of the molecule is Cc1cc2nc([C@@H]3O[C@H](COC(=O)c4ccccc4)[C@@H](OC(=O)c4ccccc4)[C@H](OC(=O)c4ccccc4)[C@H]3OC(=O)c3ccccc3)[nH]c2cc1C. The standard InChI is InChI=1S/C43H36N2O9/c1-26-23-32-33(24-27(26)2)45-39(44-32)38-37(54-43(49)31-21-13-6-14-22-31)36(53-42(48)30-19-11-5-12-20-30)35(52-41(47)29-17-9-4-10-18-29)34(51-38)25-50-40(46)28-15-7-3-8-16-28/h3-24,34-38H,25H2,1-2H3,(H,44,45)/t34-,35-,36+,37-,38-/m1/s1. The normalized spacial score (nSPS) is 19.4. The monoisotopic (exact) mass is 724 g/mol. The molecule has 0 spiro atoms. The molecule has 7 rings (SSSR count). The average molecular weight is 725 g/mol. The molecule has 0 unspecified atom stereocenters. The number of H-pyrrole nitrogens is 1. The van der Waals surface area contributed by atoms with Gasteiger partial charge in [0.2, 0.25) is 0 Å². The third kappa shape index (κ3) is 7.91. The highest BCUT2D eigenvalue weighted by Gasteiger charge is 2.54. The number of aromatic amines is 1. The number of aryl methyl sites for hydroxylation is 2. The Morgan fingerprint density at radius 3 is 1.50 bits per heavy atom. The third-order valence-electron chi connectivity index (χ3n) is 9.17. The van der Waals surface area contributed by atoms with Crippen LogP contribution in [0.5, 0.6) is 0 Å². The summed E-state index contributed by atoms with van der Waals surface area (Å²) in [6.45, 7) is 3.50. The van der Waals surface area contributed by atoms with E-state index in [0.29, 0.717) is 11.0 Å². The van der Waals surface area contributed by atoms with Gasteiger partial charge in [0, 0.05) is 0 Å². The lowest BCUT2D eigenvalue weighted by atomic mass is 9.93. The summed E-state index contributed by atoms with van der Waals surface area (Å²) in [7, 11) is 0. The fourth-order valence-corrected chi connectivity index (χ4v) is 6.21. The molecule has 1 aliphatic heterocycles. The molecule has 0 amide bonds. The molecule has 0 radical (unpaired) electrons. The number of hydrogen-bond acceptors (Lipinski definition) is 10. The average Bonchev–Trinajstić information content (AvgIpc) is 3.61. The summed E-state index contributed by atoms with van der Waals surface area (Å²) in [6, 6.07) is 36.9. The molecule has 5 aromatic carbocycles. The smallest absolute Gasteiger partial charge is 0.338 e. The van der Waals surface area contributed by atoms with Gasteiger partial charge in [-0.15, -0.1) is 0 Å². The first kappa shape index (κ1) is 35.8. The molecule has 1 fully saturated rings. The van der Waals surface area contributed by atoms with Gasteiger partial charge in [-0.25, -0.2) is 24.2 Å². The van der Waals surface area contributed by atoms with E-state index < -0.39 is 61.0 Å². The Morgan fingerprint density at radius 1 is 0.574 bits per heavy atom. The molecule has 1 aromatic heterocycles. The predicted molar refractivity (Wildman–Crippen MR) is 197 cm³/mol. The second-order valence-corrected chi connectivity index (χ2v) is 12.8. The highest BCUT2D eigenvalue weighted by atomic mass is 16.7. The van der Waals surface area contributed by atoms with E-state index in [1.165, 1.54) is 0 Å². The van der Waals surface area contributed by atoms with Crippen molar-refractivity contribution in [2.45, 2.75) is 44.4 Å². The Kier molecular flexibility index (Phi) is 10.6. The molecule has 6 aromatic rings. The molecule has 1 N–H and O–H groups in total. The highest BCUT2D eigenvalue weighted by molar-refractivity contribution is 5.91. The number of ether oxygens (including phenoxy) is 5. The molecule has 0 aliphatic carbocycles. The molecule has 2 heterocycles. The molecule has 0 saturated carbocycles. The van der Waals surface area contributed by atoms with Crippen molar-refractivity contribution >= 4 is 34.9 Å². The zero-order chi connectivity index (χ0) is 37.6. The van der Waals surface area contributed by atoms with Crippen LogP contribution in [0.3, 0.4) is 0 Å². The van der Waals surface area contributed by atoms with Crippen molar-refractivity contribution in [1.29, 1.82) is 0 Å². The topological polar surface area (TPSA) is 143 Å². The number of aromatic nitrogens is 2. The van der Waals surface area contributed by atoms with Gasteiger partial charge in [-0.2, -0.15) is 0 Å². The van der Waals surface area contributed by atoms with Crippen LogP contribution >= 0.6 is 0 Å². The van der Waals surface area contributed by atoms with E-state index in [1.807, 2.05) is 26.0 Å². The van der Waals surface area contributed by atoms with Gasteiger partial charge in [0.1, 0.15) is 18.5 Å². The van der Waals surface area contributed by atoms with E-state index in [9.17, 15) is 19.2 Å². The number of esters is 4. The molecule has 11 heteroatoms. The number of carbonyl (C=O) groups excluding carboxylic acids is 4. The van der Waals surface area contributed by atoms with Crippen molar-refractivity contribution in [3.05, 3.63) is 173 Å². The largest absolute Gasteiger partial charge is 0.459 e. The number of imidazole rings is 1. The van der Waals surface area contributed by atoms with Crippen LogP contribution < -0.4 is 0 Å². The lowest BCUT2D eigenvalue weighted by Gasteiger charge is -2.44. The quantitative estimate of drug-likeness (QED) is 0.114. The molecule has 1 saturated heterocycles. The maximum Gasteiger partial charge on any atom is 0.338 e. The summed E-state index contributed by atoms with van der Waals surface area (Å²) < 4.78 is 30.9. The van der Waals surface area contributed by atoms with E-state index in [2.05, 4.69) is 4.98 Å². The fraction of sp³-hybridized carbons (Fsp3) is 0.186. The predicted octanol–water partition coefficient (Wildman–Crippen LogP) is 7.15. The van der Waals surface area contributed by atoms with Gasteiger partial charge in [0.25, 0.3) is 0 Å². The van der Waals surface area contributed by atoms with E-state index in [1.54, 1.807) is 121 Å². The fourth-order valence-electron chi connectivity index (χ4n) is 6.21. The minimum atomic E-state index is -1.49. The van der Waals surface area contributed by atoms with E-state index >= 15 is 0 Å². The molecule has 0 bridgehead atoms. The van der Waals surface area contributed by atoms with Gasteiger partial charge in [-0.3, -0.25) is 0 Å². The van der Waals surface area contributed by atoms with Gasteiger partial charge in [0.05, 0.1) is 33.3 Å². The number of carbonyl (C=O) groups is 4. The maximum atomic E-state index is 13.9. The summed E-state index contributed by atoms with van der Waals surface area (Å²) in [5.41, 5.74) is 4.23. The van der Waals surface area contributed by atoms with Gasteiger partial charge in [0.15, 0.2) is 24.4 Å². The Morgan fingerprint density at radius 2 is 1.00 bits per heavy atom. The van der Waals surface area contributed by atoms with Crippen LogP contribution in [0.15, 0.2) is 133 Å². The summed E-state index contributed by atoms with van der Waals surface area (Å²) in [5, 5.41) is 0. The second kappa shape index (κ2) is 16.0. The molecule has 54 heavy (non-hydrogen) atoms. The van der Waals surface area contributed by atoms with Crippen molar-refractivity contribution in [1.82, 2.24) is 9.97 Å². The van der Waals surface area contributed by atoms with E-state index in [4.69, 9.17) is 28.7 Å². The van der Waals surface area contributed by atoms with Crippen LogP contribution in [0.4, 0.5) is 0 Å². The second-order valence-electron chi connectivity index (χ2n) is 12.8. The third-order valence-corrected chi connectivity index (χ3v) is 9.17. The first-order valence-electron chi connectivity index (χ1n) is 17.4. The number of nitrogens with zero attached hydrogens (tertiary/aromatic N) is 1. The minimum Gasteiger partial charge on any atom is -0.459 e. The van der Waals surface area contributed by atoms with Gasteiger partial charge >= 0.3 is 23.9 Å². The summed E-state index contributed by atoms with van der Waals surface area (Å²) in [4.78, 5) is 62.8. The number of rotatable bonds is 10. The first-order valence-corrected chi connectivity index (χ1v) is 17.4. The zero-order valence-corrected chi connectivity index (χ0v) is 29.4. The van der Waals surface area contributed by atoms with Crippen molar-refractivity contribution in [2.24, 2.45) is 0 Å². The van der Waals surface area contributed by atoms with E-state index in [-0.39, 0.29) is 28.1 Å². The lowest BCUT2D eigenvalue weighted by Crippen LogP contribution is -2.60. The number of fused-ring (bicyclic) bond motifs is 1. The molecule has 272 valence electrons. The summed E-state index contributed by atoms with van der Waals surface area (Å²) >= 11 is 0. The Bertz CT molecular complexity index is 2220. The van der Waals surface area contributed by atoms with Gasteiger partial charge in [-0.05, 0) is 85.6 Å². The molecule has 5 atom stereocenters. The minimum absolute atomic E-state index is 0.198. The number of benzene rings is 5. The molecule has 1 aliphatic rings. The zero-order valence-electron chi connectivity index (χ0n) is 29.4. The highest BCUT2D eigenvalue weighted by Crippen LogP contribution is 2.38. The van der Waals surface area contributed by atoms with E-state index in [0.717, 1.165) is 11.1 Å². The van der Waals surface area contributed by atoms with Gasteiger partial charge < -0.3 is 28.7 Å². The summed E-state index contributed by atoms with van der Waals surface area (Å²) in [6.07, 6.45) is -6.84. The van der Waals surface area contributed by atoms with Crippen LogP contribution in [0.1, 0.15) is 64.5 Å². The van der Waals surface area contributed by atoms with Crippen molar-refractivity contribution in [3.8, 4) is 0 Å². The molecular formula is C43H36N2O9. The van der Waals surface area contributed by atoms with Crippen molar-refractivity contribution in [2.75, 3.05) is 6.61 Å². The maximum absolute atomic E-state index is 13.9. The summed E-state index contributed by atoms with van der Waals surface area (Å²) in [5.74, 6) is -2.72. The number of nitrogens with one attached hydrogen (secondary N) is 1. The first-order chi connectivity index (χ1) is 26.2. The Labute approximate surface area is 310 Å². The van der Waals surface area contributed by atoms with Crippen molar-refractivity contribution < 1.29 is 42.9 Å². The molecular weight excluding hydrogens is 688 g/mol. The van der Waals surface area contributed by atoms with Crippen LogP contribution in [-0.4, -0.2) is 64.9 Å². The van der Waals surface area contributed by atoms with Crippen LogP contribution in [-0.2, 0) is 23.7 Å². The molecule has 11 nitrogen and oxygen atoms in total. The van der Waals surface area contributed by atoms with Crippen LogP contribution in [0.25, 0.3) is 11.0 Å².